The number of likely N-dealkylation sites (N-methyl/N-ethyl adjacent to an activating group) is 1. The minimum Gasteiger partial charge on any atom is -0.397 e. The molecule has 0 aliphatic carbocycles. The first kappa shape index (κ1) is 14.8. The van der Waals surface area contributed by atoms with Crippen LogP contribution in [0.15, 0.2) is 18.3 Å². The Morgan fingerprint density at radius 1 is 1.50 bits per heavy atom. The van der Waals surface area contributed by atoms with E-state index in [0.29, 0.717) is 24.3 Å². The van der Waals surface area contributed by atoms with Crippen molar-refractivity contribution in [3.8, 4) is 0 Å². The number of amides is 1. The van der Waals surface area contributed by atoms with Gasteiger partial charge in [0, 0.05) is 18.3 Å². The molecular formula is C13H19N3O3S. The molecule has 0 radical (unpaired) electrons. The Morgan fingerprint density at radius 2 is 2.25 bits per heavy atom. The van der Waals surface area contributed by atoms with Crippen molar-refractivity contribution in [1.82, 2.24) is 9.88 Å². The van der Waals surface area contributed by atoms with E-state index in [4.69, 9.17) is 5.73 Å². The van der Waals surface area contributed by atoms with Gasteiger partial charge in [-0.15, -0.1) is 0 Å². The van der Waals surface area contributed by atoms with Crippen molar-refractivity contribution in [3.05, 3.63) is 24.0 Å². The number of carbonyl (C=O) groups excluding carboxylic acids is 1. The van der Waals surface area contributed by atoms with Crippen LogP contribution in [0.5, 0.6) is 0 Å². The Hall–Kier alpha value is -1.63. The monoisotopic (exact) mass is 297 g/mol. The predicted molar refractivity (Wildman–Crippen MR) is 76.8 cm³/mol. The van der Waals surface area contributed by atoms with Crippen molar-refractivity contribution in [1.29, 1.82) is 0 Å². The number of anilines is 1. The van der Waals surface area contributed by atoms with Gasteiger partial charge in [-0.3, -0.25) is 9.78 Å². The maximum atomic E-state index is 12.3. The third kappa shape index (κ3) is 3.47. The summed E-state index contributed by atoms with van der Waals surface area (Å²) in [6.45, 7) is 2.37. The second kappa shape index (κ2) is 5.78. The highest BCUT2D eigenvalue weighted by Gasteiger charge is 2.33. The second-order valence-corrected chi connectivity index (χ2v) is 7.22. The number of hydrogen-bond donors (Lipinski definition) is 1. The number of rotatable bonds is 4. The Balaban J connectivity index is 2.04. The number of carbonyl (C=O) groups is 1. The van der Waals surface area contributed by atoms with Crippen LogP contribution in [0, 0.1) is 0 Å². The number of nitrogens with two attached hydrogens (primary N) is 1. The van der Waals surface area contributed by atoms with Gasteiger partial charge in [0.05, 0.1) is 29.8 Å². The lowest BCUT2D eigenvalue weighted by atomic mass is 10.2. The summed E-state index contributed by atoms with van der Waals surface area (Å²) in [6, 6.07) is 3.21. The van der Waals surface area contributed by atoms with Crippen molar-refractivity contribution in [2.45, 2.75) is 25.8 Å². The van der Waals surface area contributed by atoms with Gasteiger partial charge in [-0.2, -0.15) is 0 Å². The van der Waals surface area contributed by atoms with Crippen molar-refractivity contribution in [2.24, 2.45) is 0 Å². The summed E-state index contributed by atoms with van der Waals surface area (Å²) in [5, 5.41) is 0. The fourth-order valence-corrected chi connectivity index (χ4v) is 4.19. The lowest BCUT2D eigenvalue weighted by molar-refractivity contribution is -0.132. The molecule has 0 spiro atoms. The summed E-state index contributed by atoms with van der Waals surface area (Å²) in [6.07, 6.45) is 2.21. The SMILES string of the molecule is CCN(C(=O)Cc1ccc(N)cn1)C1CCS(=O)(=O)C1. The molecule has 0 bridgehead atoms. The predicted octanol–water partition coefficient (Wildman–Crippen LogP) is 0.242. The smallest absolute Gasteiger partial charge is 0.228 e. The Kier molecular flexibility index (Phi) is 4.27. The first-order valence-electron chi connectivity index (χ1n) is 6.61. The van der Waals surface area contributed by atoms with Crippen LogP contribution in [0.4, 0.5) is 5.69 Å². The summed E-state index contributed by atoms with van der Waals surface area (Å²) >= 11 is 0. The van der Waals surface area contributed by atoms with Crippen LogP contribution in [-0.2, 0) is 21.1 Å². The molecule has 1 amide bonds. The van der Waals surface area contributed by atoms with Crippen LogP contribution in [-0.4, -0.2) is 48.3 Å². The number of nitrogens with zero attached hydrogens (tertiary/aromatic N) is 2. The van der Waals surface area contributed by atoms with Crippen molar-refractivity contribution >= 4 is 21.4 Å². The van der Waals surface area contributed by atoms with Crippen LogP contribution in [0.3, 0.4) is 0 Å². The summed E-state index contributed by atoms with van der Waals surface area (Å²) in [5.41, 5.74) is 6.74. The fraction of sp³-hybridized carbons (Fsp3) is 0.538. The van der Waals surface area contributed by atoms with Gasteiger partial charge in [0.1, 0.15) is 0 Å². The molecule has 2 N–H and O–H groups in total. The summed E-state index contributed by atoms with van der Waals surface area (Å²) < 4.78 is 23.0. The van der Waals surface area contributed by atoms with Crippen LogP contribution in [0.25, 0.3) is 0 Å². The normalized spacial score (nSPS) is 20.8. The van der Waals surface area contributed by atoms with E-state index in [9.17, 15) is 13.2 Å². The van der Waals surface area contributed by atoms with Gasteiger partial charge in [0.15, 0.2) is 9.84 Å². The van der Waals surface area contributed by atoms with Crippen LogP contribution < -0.4 is 5.73 Å². The maximum Gasteiger partial charge on any atom is 0.228 e. The minimum absolute atomic E-state index is 0.0712. The lowest BCUT2D eigenvalue weighted by Crippen LogP contribution is -2.41. The van der Waals surface area contributed by atoms with Gasteiger partial charge < -0.3 is 10.6 Å². The van der Waals surface area contributed by atoms with Gasteiger partial charge in [-0.25, -0.2) is 8.42 Å². The number of pyridine rings is 1. The average molecular weight is 297 g/mol. The molecule has 1 aliphatic rings. The van der Waals surface area contributed by atoms with Crippen LogP contribution in [0.1, 0.15) is 19.0 Å². The average Bonchev–Trinajstić information content (AvgIpc) is 2.73. The molecule has 6 nitrogen and oxygen atoms in total. The van der Waals surface area contributed by atoms with E-state index < -0.39 is 9.84 Å². The molecule has 1 aliphatic heterocycles. The molecule has 0 aromatic carbocycles. The summed E-state index contributed by atoms with van der Waals surface area (Å²) in [4.78, 5) is 18.0. The van der Waals surface area contributed by atoms with E-state index in [1.54, 1.807) is 17.0 Å². The Bertz CT molecular complexity index is 583. The standard InChI is InChI=1S/C13H19N3O3S/c1-2-16(12-5-6-20(18,19)9-12)13(17)7-11-4-3-10(14)8-15-11/h3-4,8,12H,2,5-7,9,14H2,1H3. The van der Waals surface area contributed by atoms with Crippen molar-refractivity contribution in [2.75, 3.05) is 23.8 Å². The number of nitrogen functional groups attached to an aromatic ring is 1. The third-order valence-electron chi connectivity index (χ3n) is 3.49. The molecular weight excluding hydrogens is 278 g/mol. The fourth-order valence-electron chi connectivity index (χ4n) is 2.46. The lowest BCUT2D eigenvalue weighted by Gasteiger charge is -2.26. The zero-order valence-electron chi connectivity index (χ0n) is 11.4. The molecule has 0 saturated carbocycles. The summed E-state index contributed by atoms with van der Waals surface area (Å²) in [5.74, 6) is 0.149. The number of sulfone groups is 1. The van der Waals surface area contributed by atoms with E-state index in [1.165, 1.54) is 6.20 Å². The number of hydrogen-bond acceptors (Lipinski definition) is 5. The highest BCUT2D eigenvalue weighted by Crippen LogP contribution is 2.18. The quantitative estimate of drug-likeness (QED) is 0.859. The Labute approximate surface area is 118 Å². The molecule has 1 atom stereocenters. The third-order valence-corrected chi connectivity index (χ3v) is 5.24. The van der Waals surface area contributed by atoms with Gasteiger partial charge in [0.25, 0.3) is 0 Å². The largest absolute Gasteiger partial charge is 0.397 e. The first-order chi connectivity index (χ1) is 9.41. The molecule has 1 fully saturated rings. The zero-order chi connectivity index (χ0) is 14.8. The van der Waals surface area contributed by atoms with Crippen molar-refractivity contribution < 1.29 is 13.2 Å². The van der Waals surface area contributed by atoms with E-state index in [-0.39, 0.29) is 29.9 Å². The van der Waals surface area contributed by atoms with Crippen molar-refractivity contribution in [3.63, 3.8) is 0 Å². The second-order valence-electron chi connectivity index (χ2n) is 5.00. The molecule has 7 heteroatoms. The maximum absolute atomic E-state index is 12.3. The van der Waals surface area contributed by atoms with E-state index in [2.05, 4.69) is 4.98 Å². The van der Waals surface area contributed by atoms with Gasteiger partial charge in [-0.1, -0.05) is 0 Å². The molecule has 1 saturated heterocycles. The van der Waals surface area contributed by atoms with E-state index in [0.717, 1.165) is 0 Å². The minimum atomic E-state index is -2.99. The molecule has 2 heterocycles. The molecule has 1 unspecified atom stereocenters. The highest BCUT2D eigenvalue weighted by molar-refractivity contribution is 7.91. The van der Waals surface area contributed by atoms with E-state index >= 15 is 0 Å². The first-order valence-corrected chi connectivity index (χ1v) is 8.43. The Morgan fingerprint density at radius 3 is 2.75 bits per heavy atom. The van der Waals surface area contributed by atoms with Gasteiger partial charge in [-0.05, 0) is 25.5 Å². The highest BCUT2D eigenvalue weighted by atomic mass is 32.2. The molecule has 1 aromatic rings. The van der Waals surface area contributed by atoms with Crippen LogP contribution in [0.2, 0.25) is 0 Å². The molecule has 2 rings (SSSR count). The molecule has 20 heavy (non-hydrogen) atoms. The molecule has 1 aromatic heterocycles. The van der Waals surface area contributed by atoms with E-state index in [1.807, 2.05) is 6.92 Å². The van der Waals surface area contributed by atoms with Gasteiger partial charge in [0.2, 0.25) is 5.91 Å². The van der Waals surface area contributed by atoms with Gasteiger partial charge >= 0.3 is 0 Å². The molecule has 110 valence electrons. The van der Waals surface area contributed by atoms with Crippen LogP contribution >= 0.6 is 0 Å². The summed E-state index contributed by atoms with van der Waals surface area (Å²) in [7, 11) is -2.99. The number of aromatic nitrogens is 1. The zero-order valence-corrected chi connectivity index (χ0v) is 12.3. The topological polar surface area (TPSA) is 93.4 Å².